The number of nitrogens with one attached hydrogen (secondary N) is 1. The van der Waals surface area contributed by atoms with E-state index in [2.05, 4.69) is 62.5 Å². The van der Waals surface area contributed by atoms with Crippen molar-refractivity contribution in [1.29, 1.82) is 0 Å². The molecule has 27 heavy (non-hydrogen) atoms. The molecule has 0 amide bonds. The predicted octanol–water partition coefficient (Wildman–Crippen LogP) is 5.89. The Hall–Kier alpha value is -1.83. The summed E-state index contributed by atoms with van der Waals surface area (Å²) in [6.45, 7) is 6.89. The average molecular weight is 361 g/mol. The summed E-state index contributed by atoms with van der Waals surface area (Å²) in [5.41, 5.74) is 5.61. The summed E-state index contributed by atoms with van der Waals surface area (Å²) in [4.78, 5) is 4.74. The Morgan fingerprint density at radius 2 is 1.59 bits per heavy atom. The Morgan fingerprint density at radius 3 is 2.22 bits per heavy atom. The lowest BCUT2D eigenvalue weighted by atomic mass is 9.42. The lowest BCUT2D eigenvalue weighted by Gasteiger charge is -2.64. The first-order valence-corrected chi connectivity index (χ1v) is 10.8. The standard InChI is InChI=1S/C25H32N2/c1-16-7-4-5-9-24(16)27-18(3)25(23-8-6-10-26-17(23)2)21-12-19-11-20(14-21)15-22(25)13-19/h4-10,18-22,27H,11-15H2,1-3H3/t18-,19?,20?,21?,22?,25?/m0/s1. The number of hydrogen-bond donors (Lipinski definition) is 1. The van der Waals surface area contributed by atoms with Gasteiger partial charge in [-0.1, -0.05) is 24.3 Å². The second-order valence-corrected chi connectivity index (χ2v) is 9.55. The highest BCUT2D eigenvalue weighted by atomic mass is 15.0. The third-order valence-corrected chi connectivity index (χ3v) is 8.20. The summed E-state index contributed by atoms with van der Waals surface area (Å²) >= 11 is 0. The first-order valence-electron chi connectivity index (χ1n) is 10.8. The Labute approximate surface area is 163 Å². The number of aromatic nitrogens is 1. The summed E-state index contributed by atoms with van der Waals surface area (Å²) in [6.07, 6.45) is 9.13. The SMILES string of the molecule is Cc1ccccc1N[C@@H](C)C1(c2cccnc2C)C2CC3CC(C2)CC1C3. The molecule has 1 atom stereocenters. The van der Waals surface area contributed by atoms with Gasteiger partial charge in [0, 0.05) is 29.0 Å². The van der Waals surface area contributed by atoms with Gasteiger partial charge in [0.2, 0.25) is 0 Å². The normalized spacial score (nSPS) is 35.2. The molecule has 1 N–H and O–H groups in total. The van der Waals surface area contributed by atoms with Gasteiger partial charge in [-0.2, -0.15) is 0 Å². The Kier molecular flexibility index (Phi) is 4.07. The van der Waals surface area contributed by atoms with Gasteiger partial charge in [-0.25, -0.2) is 0 Å². The van der Waals surface area contributed by atoms with Crippen LogP contribution in [0.15, 0.2) is 42.6 Å². The van der Waals surface area contributed by atoms with Crippen LogP contribution in [-0.2, 0) is 5.41 Å². The molecule has 2 nitrogen and oxygen atoms in total. The van der Waals surface area contributed by atoms with Crippen molar-refractivity contribution in [3.8, 4) is 0 Å². The molecule has 0 unspecified atom stereocenters. The predicted molar refractivity (Wildman–Crippen MR) is 112 cm³/mol. The summed E-state index contributed by atoms with van der Waals surface area (Å²) in [7, 11) is 0. The van der Waals surface area contributed by atoms with Crippen LogP contribution in [0.5, 0.6) is 0 Å². The summed E-state index contributed by atoms with van der Waals surface area (Å²) in [5.74, 6) is 3.54. The fraction of sp³-hybridized carbons (Fsp3) is 0.560. The maximum absolute atomic E-state index is 4.74. The van der Waals surface area contributed by atoms with E-state index in [1.165, 1.54) is 54.6 Å². The minimum atomic E-state index is 0.216. The molecule has 4 aliphatic rings. The molecule has 2 aromatic rings. The molecule has 6 rings (SSSR count). The molecular formula is C25H32N2. The number of aryl methyl sites for hydroxylation is 2. The third-order valence-electron chi connectivity index (χ3n) is 8.20. The van der Waals surface area contributed by atoms with Gasteiger partial charge in [0.1, 0.15) is 0 Å². The number of nitrogens with zero attached hydrogens (tertiary/aromatic N) is 1. The minimum absolute atomic E-state index is 0.216. The van der Waals surface area contributed by atoms with Crippen molar-refractivity contribution in [1.82, 2.24) is 4.98 Å². The topological polar surface area (TPSA) is 24.9 Å². The van der Waals surface area contributed by atoms with Crippen LogP contribution < -0.4 is 5.32 Å². The molecule has 0 saturated heterocycles. The number of para-hydroxylation sites is 1. The first-order chi connectivity index (χ1) is 13.1. The van der Waals surface area contributed by atoms with Crippen LogP contribution in [0.3, 0.4) is 0 Å². The number of anilines is 1. The molecule has 1 aromatic heterocycles. The smallest absolute Gasteiger partial charge is 0.0411 e. The number of hydrogen-bond acceptors (Lipinski definition) is 2. The van der Waals surface area contributed by atoms with Crippen LogP contribution in [0.4, 0.5) is 5.69 Å². The van der Waals surface area contributed by atoms with Gasteiger partial charge in [0.15, 0.2) is 0 Å². The maximum atomic E-state index is 4.74. The molecule has 4 aliphatic carbocycles. The summed E-state index contributed by atoms with van der Waals surface area (Å²) in [6, 6.07) is 13.7. The van der Waals surface area contributed by atoms with Crippen LogP contribution in [0.25, 0.3) is 0 Å². The van der Waals surface area contributed by atoms with Crippen LogP contribution in [-0.4, -0.2) is 11.0 Å². The van der Waals surface area contributed by atoms with Crippen molar-refractivity contribution >= 4 is 5.69 Å². The molecule has 2 heteroatoms. The average Bonchev–Trinajstić information content (AvgIpc) is 2.64. The van der Waals surface area contributed by atoms with Crippen LogP contribution in [0.2, 0.25) is 0 Å². The van der Waals surface area contributed by atoms with Gasteiger partial charge in [-0.15, -0.1) is 0 Å². The minimum Gasteiger partial charge on any atom is -0.381 e. The van der Waals surface area contributed by atoms with E-state index in [0.29, 0.717) is 6.04 Å². The first kappa shape index (κ1) is 17.3. The van der Waals surface area contributed by atoms with Gasteiger partial charge >= 0.3 is 0 Å². The zero-order valence-electron chi connectivity index (χ0n) is 16.9. The molecule has 0 radical (unpaired) electrons. The molecule has 1 aromatic carbocycles. The molecule has 4 bridgehead atoms. The van der Waals surface area contributed by atoms with Crippen molar-refractivity contribution in [2.45, 2.75) is 64.3 Å². The van der Waals surface area contributed by atoms with Crippen molar-refractivity contribution in [3.63, 3.8) is 0 Å². The van der Waals surface area contributed by atoms with Crippen molar-refractivity contribution in [2.24, 2.45) is 23.7 Å². The molecule has 0 aliphatic heterocycles. The van der Waals surface area contributed by atoms with E-state index >= 15 is 0 Å². The van der Waals surface area contributed by atoms with Crippen molar-refractivity contribution in [3.05, 3.63) is 59.4 Å². The summed E-state index contributed by atoms with van der Waals surface area (Å²) in [5, 5.41) is 3.98. The molecule has 142 valence electrons. The third kappa shape index (κ3) is 2.56. The number of pyridine rings is 1. The molecule has 1 heterocycles. The van der Waals surface area contributed by atoms with Crippen molar-refractivity contribution in [2.75, 3.05) is 5.32 Å². The molecule has 4 saturated carbocycles. The van der Waals surface area contributed by atoms with Gasteiger partial charge in [-0.05, 0) is 99.8 Å². The highest BCUT2D eigenvalue weighted by Crippen LogP contribution is 2.64. The number of benzene rings is 1. The highest BCUT2D eigenvalue weighted by molar-refractivity contribution is 5.53. The second-order valence-electron chi connectivity index (χ2n) is 9.55. The summed E-state index contributed by atoms with van der Waals surface area (Å²) < 4.78 is 0. The fourth-order valence-corrected chi connectivity index (χ4v) is 7.37. The monoisotopic (exact) mass is 360 g/mol. The van der Waals surface area contributed by atoms with E-state index in [9.17, 15) is 0 Å². The van der Waals surface area contributed by atoms with E-state index in [0.717, 1.165) is 23.7 Å². The zero-order valence-corrected chi connectivity index (χ0v) is 16.9. The van der Waals surface area contributed by atoms with Crippen LogP contribution in [0, 0.1) is 37.5 Å². The van der Waals surface area contributed by atoms with Crippen LogP contribution >= 0.6 is 0 Å². The molecule has 4 fully saturated rings. The Morgan fingerprint density at radius 1 is 0.926 bits per heavy atom. The zero-order chi connectivity index (χ0) is 18.6. The van der Waals surface area contributed by atoms with E-state index in [1.807, 2.05) is 6.20 Å². The van der Waals surface area contributed by atoms with Gasteiger partial charge in [-0.3, -0.25) is 4.98 Å². The lowest BCUT2D eigenvalue weighted by molar-refractivity contribution is -0.0679. The van der Waals surface area contributed by atoms with Crippen LogP contribution in [0.1, 0.15) is 55.8 Å². The van der Waals surface area contributed by atoms with E-state index < -0.39 is 0 Å². The van der Waals surface area contributed by atoms with Gasteiger partial charge < -0.3 is 5.32 Å². The largest absolute Gasteiger partial charge is 0.381 e. The molecule has 0 spiro atoms. The van der Waals surface area contributed by atoms with Crippen molar-refractivity contribution < 1.29 is 0 Å². The lowest BCUT2D eigenvalue weighted by Crippen LogP contribution is -2.62. The van der Waals surface area contributed by atoms with E-state index in [-0.39, 0.29) is 5.41 Å². The van der Waals surface area contributed by atoms with Gasteiger partial charge in [0.05, 0.1) is 0 Å². The Balaban J connectivity index is 1.61. The second kappa shape index (κ2) is 6.36. The quantitative estimate of drug-likeness (QED) is 0.735. The highest BCUT2D eigenvalue weighted by Gasteiger charge is 2.60. The fourth-order valence-electron chi connectivity index (χ4n) is 7.37. The van der Waals surface area contributed by atoms with Gasteiger partial charge in [0.25, 0.3) is 0 Å². The number of rotatable bonds is 4. The molecular weight excluding hydrogens is 328 g/mol. The van der Waals surface area contributed by atoms with E-state index in [4.69, 9.17) is 4.98 Å². The Bertz CT molecular complexity index is 812. The maximum Gasteiger partial charge on any atom is 0.0411 e. The van der Waals surface area contributed by atoms with E-state index in [1.54, 1.807) is 0 Å².